The SMILES string of the molecule is CC(Nc1cccc(Cl)c1N)c1ccsc1. The van der Waals surface area contributed by atoms with Crippen molar-refractivity contribution >= 4 is 34.3 Å². The molecule has 1 aromatic heterocycles. The predicted octanol–water partition coefficient (Wildman–Crippen LogP) is 4.16. The van der Waals surface area contributed by atoms with E-state index in [2.05, 4.69) is 29.1 Å². The quantitative estimate of drug-likeness (QED) is 0.805. The first kappa shape index (κ1) is 11.3. The van der Waals surface area contributed by atoms with Gasteiger partial charge in [-0.2, -0.15) is 11.3 Å². The van der Waals surface area contributed by atoms with Crippen molar-refractivity contribution in [1.82, 2.24) is 0 Å². The number of nitrogen functional groups attached to an aromatic ring is 1. The molecular formula is C12H13ClN2S. The van der Waals surface area contributed by atoms with Crippen LogP contribution in [0.5, 0.6) is 0 Å². The summed E-state index contributed by atoms with van der Waals surface area (Å²) in [6.45, 7) is 2.10. The van der Waals surface area contributed by atoms with Crippen molar-refractivity contribution in [2.75, 3.05) is 11.1 Å². The lowest BCUT2D eigenvalue weighted by atomic mass is 10.1. The standard InChI is InChI=1S/C12H13ClN2S/c1-8(9-5-6-16-7-9)15-11-4-2-3-10(13)12(11)14/h2-8,15H,14H2,1H3. The predicted molar refractivity (Wildman–Crippen MR) is 72.2 cm³/mol. The topological polar surface area (TPSA) is 38.0 Å². The highest BCUT2D eigenvalue weighted by Gasteiger charge is 2.08. The van der Waals surface area contributed by atoms with E-state index in [0.29, 0.717) is 10.7 Å². The molecule has 0 bridgehead atoms. The molecule has 2 rings (SSSR count). The zero-order valence-corrected chi connectivity index (χ0v) is 10.5. The molecule has 0 aliphatic rings. The Morgan fingerprint density at radius 3 is 2.88 bits per heavy atom. The number of hydrogen-bond donors (Lipinski definition) is 2. The van der Waals surface area contributed by atoms with E-state index >= 15 is 0 Å². The molecule has 2 nitrogen and oxygen atoms in total. The molecule has 16 heavy (non-hydrogen) atoms. The van der Waals surface area contributed by atoms with Crippen LogP contribution >= 0.6 is 22.9 Å². The van der Waals surface area contributed by atoms with E-state index in [-0.39, 0.29) is 6.04 Å². The Labute approximate surface area is 104 Å². The molecule has 84 valence electrons. The Hall–Kier alpha value is -1.19. The van der Waals surface area contributed by atoms with Crippen LogP contribution in [0.15, 0.2) is 35.0 Å². The van der Waals surface area contributed by atoms with Gasteiger partial charge in [0.15, 0.2) is 0 Å². The van der Waals surface area contributed by atoms with Gasteiger partial charge in [-0.1, -0.05) is 17.7 Å². The second-order valence-corrected chi connectivity index (χ2v) is 4.81. The number of nitrogens with one attached hydrogen (secondary N) is 1. The Bertz CT molecular complexity index is 468. The lowest BCUT2D eigenvalue weighted by Gasteiger charge is -2.16. The summed E-state index contributed by atoms with van der Waals surface area (Å²) in [7, 11) is 0. The summed E-state index contributed by atoms with van der Waals surface area (Å²) < 4.78 is 0. The normalized spacial score (nSPS) is 12.4. The number of thiophene rings is 1. The van der Waals surface area contributed by atoms with Crippen molar-refractivity contribution < 1.29 is 0 Å². The van der Waals surface area contributed by atoms with E-state index in [1.807, 2.05) is 12.1 Å². The number of benzene rings is 1. The molecule has 0 saturated heterocycles. The number of hydrogen-bond acceptors (Lipinski definition) is 3. The Kier molecular flexibility index (Phi) is 3.36. The molecule has 0 aliphatic carbocycles. The smallest absolute Gasteiger partial charge is 0.0739 e. The monoisotopic (exact) mass is 252 g/mol. The van der Waals surface area contributed by atoms with Crippen molar-refractivity contribution in [1.29, 1.82) is 0 Å². The first-order chi connectivity index (χ1) is 7.68. The van der Waals surface area contributed by atoms with Gasteiger partial charge in [-0.15, -0.1) is 0 Å². The largest absolute Gasteiger partial charge is 0.396 e. The van der Waals surface area contributed by atoms with Crippen molar-refractivity contribution in [2.45, 2.75) is 13.0 Å². The molecule has 0 spiro atoms. The van der Waals surface area contributed by atoms with Gasteiger partial charge in [-0.3, -0.25) is 0 Å². The number of nitrogens with two attached hydrogens (primary N) is 1. The zero-order valence-electron chi connectivity index (χ0n) is 8.91. The van der Waals surface area contributed by atoms with Crippen LogP contribution in [-0.4, -0.2) is 0 Å². The minimum Gasteiger partial charge on any atom is -0.396 e. The van der Waals surface area contributed by atoms with Gasteiger partial charge >= 0.3 is 0 Å². The highest BCUT2D eigenvalue weighted by Crippen LogP contribution is 2.30. The van der Waals surface area contributed by atoms with E-state index in [9.17, 15) is 0 Å². The molecule has 2 aromatic rings. The van der Waals surface area contributed by atoms with Crippen LogP contribution in [0.25, 0.3) is 0 Å². The molecule has 0 fully saturated rings. The van der Waals surface area contributed by atoms with E-state index in [1.54, 1.807) is 17.4 Å². The molecule has 4 heteroatoms. The summed E-state index contributed by atoms with van der Waals surface area (Å²) in [6, 6.07) is 7.94. The lowest BCUT2D eigenvalue weighted by Crippen LogP contribution is -2.07. The van der Waals surface area contributed by atoms with Gasteiger partial charge in [0.05, 0.1) is 16.4 Å². The fourth-order valence-corrected chi connectivity index (χ4v) is 2.43. The molecule has 0 saturated carbocycles. The van der Waals surface area contributed by atoms with Gasteiger partial charge < -0.3 is 11.1 Å². The maximum Gasteiger partial charge on any atom is 0.0739 e. The maximum atomic E-state index is 5.96. The lowest BCUT2D eigenvalue weighted by molar-refractivity contribution is 0.891. The van der Waals surface area contributed by atoms with Crippen LogP contribution in [0.4, 0.5) is 11.4 Å². The number of halogens is 1. The average molecular weight is 253 g/mol. The number of anilines is 2. The molecule has 0 radical (unpaired) electrons. The third-order valence-corrected chi connectivity index (χ3v) is 3.50. The van der Waals surface area contributed by atoms with Gasteiger partial charge in [0, 0.05) is 6.04 Å². The Morgan fingerprint density at radius 2 is 2.19 bits per heavy atom. The highest BCUT2D eigenvalue weighted by molar-refractivity contribution is 7.07. The van der Waals surface area contributed by atoms with Crippen LogP contribution < -0.4 is 11.1 Å². The molecule has 0 aliphatic heterocycles. The second-order valence-electron chi connectivity index (χ2n) is 3.62. The van der Waals surface area contributed by atoms with Gasteiger partial charge in [0.2, 0.25) is 0 Å². The minimum atomic E-state index is 0.229. The van der Waals surface area contributed by atoms with E-state index in [1.165, 1.54) is 5.56 Å². The summed E-state index contributed by atoms with van der Waals surface area (Å²) in [5, 5.41) is 8.12. The summed E-state index contributed by atoms with van der Waals surface area (Å²) >= 11 is 7.65. The molecule has 1 aromatic carbocycles. The summed E-state index contributed by atoms with van der Waals surface area (Å²) in [4.78, 5) is 0. The van der Waals surface area contributed by atoms with E-state index in [0.717, 1.165) is 5.69 Å². The molecular weight excluding hydrogens is 240 g/mol. The summed E-state index contributed by atoms with van der Waals surface area (Å²) in [6.07, 6.45) is 0. The third kappa shape index (κ3) is 2.31. The van der Waals surface area contributed by atoms with E-state index < -0.39 is 0 Å². The van der Waals surface area contributed by atoms with Crippen molar-refractivity contribution in [3.63, 3.8) is 0 Å². The minimum absolute atomic E-state index is 0.229. The van der Waals surface area contributed by atoms with Gasteiger partial charge in [-0.05, 0) is 41.4 Å². The first-order valence-electron chi connectivity index (χ1n) is 5.01. The summed E-state index contributed by atoms with van der Waals surface area (Å²) in [5.41, 5.74) is 8.63. The zero-order chi connectivity index (χ0) is 11.5. The van der Waals surface area contributed by atoms with Crippen LogP contribution in [-0.2, 0) is 0 Å². The molecule has 1 atom stereocenters. The van der Waals surface area contributed by atoms with Gasteiger partial charge in [0.1, 0.15) is 0 Å². The van der Waals surface area contributed by atoms with Crippen molar-refractivity contribution in [3.8, 4) is 0 Å². The average Bonchev–Trinajstić information content (AvgIpc) is 2.78. The maximum absolute atomic E-state index is 5.96. The van der Waals surface area contributed by atoms with Crippen LogP contribution in [0.3, 0.4) is 0 Å². The molecule has 1 unspecified atom stereocenters. The number of para-hydroxylation sites is 1. The van der Waals surface area contributed by atoms with Crippen LogP contribution in [0.1, 0.15) is 18.5 Å². The fraction of sp³-hybridized carbons (Fsp3) is 0.167. The fourth-order valence-electron chi connectivity index (χ4n) is 1.50. The molecule has 0 amide bonds. The number of rotatable bonds is 3. The van der Waals surface area contributed by atoms with Gasteiger partial charge in [-0.25, -0.2) is 0 Å². The highest BCUT2D eigenvalue weighted by atomic mass is 35.5. The Balaban J connectivity index is 2.18. The van der Waals surface area contributed by atoms with Gasteiger partial charge in [0.25, 0.3) is 0 Å². The van der Waals surface area contributed by atoms with Crippen molar-refractivity contribution in [3.05, 3.63) is 45.6 Å². The molecule has 1 heterocycles. The Morgan fingerprint density at radius 1 is 1.38 bits per heavy atom. The van der Waals surface area contributed by atoms with Crippen LogP contribution in [0, 0.1) is 0 Å². The third-order valence-electron chi connectivity index (χ3n) is 2.47. The van der Waals surface area contributed by atoms with Crippen LogP contribution in [0.2, 0.25) is 5.02 Å². The van der Waals surface area contributed by atoms with Crippen molar-refractivity contribution in [2.24, 2.45) is 0 Å². The second kappa shape index (κ2) is 4.76. The summed E-state index contributed by atoms with van der Waals surface area (Å²) in [5.74, 6) is 0. The molecule has 3 N–H and O–H groups in total. The first-order valence-corrected chi connectivity index (χ1v) is 6.33. The van der Waals surface area contributed by atoms with E-state index in [4.69, 9.17) is 17.3 Å².